The number of rotatable bonds is 13. The number of aromatic carboxylic acids is 1. The van der Waals surface area contributed by atoms with E-state index in [-0.39, 0.29) is 23.6 Å². The molecule has 1 aliphatic heterocycles. The van der Waals surface area contributed by atoms with Crippen LogP contribution in [0.3, 0.4) is 0 Å². The maximum Gasteiger partial charge on any atom is 0.416 e. The molecule has 0 radical (unpaired) electrons. The number of amides is 1. The van der Waals surface area contributed by atoms with E-state index in [0.29, 0.717) is 42.3 Å². The van der Waals surface area contributed by atoms with E-state index in [0.717, 1.165) is 54.9 Å². The predicted octanol–water partition coefficient (Wildman–Crippen LogP) is 8.96. The third kappa shape index (κ3) is 9.56. The van der Waals surface area contributed by atoms with Gasteiger partial charge in [0.05, 0.1) is 30.0 Å². The van der Waals surface area contributed by atoms with Crippen LogP contribution in [-0.2, 0) is 23.9 Å². The second-order valence-electron chi connectivity index (χ2n) is 12.3. The number of benzene rings is 5. The summed E-state index contributed by atoms with van der Waals surface area (Å²) in [6, 6.07) is 31.1. The molecule has 8 nitrogen and oxygen atoms in total. The highest BCUT2D eigenvalue weighted by atomic mass is 19.4. The summed E-state index contributed by atoms with van der Waals surface area (Å²) in [7, 11) is 0. The molecule has 0 saturated carbocycles. The number of carbonyl (C=O) groups excluding carboxylic acids is 1. The molecule has 1 saturated heterocycles. The van der Waals surface area contributed by atoms with E-state index >= 15 is 0 Å². The molecule has 6 rings (SSSR count). The number of nitrogens with one attached hydrogen (secondary N) is 1. The van der Waals surface area contributed by atoms with Crippen LogP contribution in [0.15, 0.2) is 115 Å². The molecule has 5 aromatic carbocycles. The van der Waals surface area contributed by atoms with Crippen molar-refractivity contribution < 1.29 is 42.1 Å². The monoisotopic (exact) mass is 710 g/mol. The number of carboxylic acid groups (broad SMARTS) is 1. The average Bonchev–Trinajstić information content (AvgIpc) is 3.15. The Morgan fingerprint density at radius 3 is 2.19 bits per heavy atom. The Labute approximate surface area is 299 Å². The Balaban J connectivity index is 1.22. The number of morpholine rings is 1. The van der Waals surface area contributed by atoms with E-state index in [1.54, 1.807) is 48.5 Å². The van der Waals surface area contributed by atoms with Gasteiger partial charge in [-0.05, 0) is 108 Å². The fourth-order valence-corrected chi connectivity index (χ4v) is 5.92. The first kappa shape index (κ1) is 36.2. The first-order valence-corrected chi connectivity index (χ1v) is 16.9. The molecule has 1 fully saturated rings. The summed E-state index contributed by atoms with van der Waals surface area (Å²) in [4.78, 5) is 28.3. The lowest BCUT2D eigenvalue weighted by Crippen LogP contribution is -2.36. The minimum atomic E-state index is -4.47. The second kappa shape index (κ2) is 16.6. The van der Waals surface area contributed by atoms with Crippen LogP contribution in [0.1, 0.15) is 43.8 Å². The van der Waals surface area contributed by atoms with Gasteiger partial charge >= 0.3 is 12.1 Å². The summed E-state index contributed by atoms with van der Waals surface area (Å²) in [5, 5.41) is 13.1. The lowest BCUT2D eigenvalue weighted by molar-refractivity contribution is -0.137. The molecule has 11 heteroatoms. The van der Waals surface area contributed by atoms with Crippen LogP contribution < -0.4 is 14.8 Å². The molecule has 1 aliphatic rings. The molecule has 52 heavy (non-hydrogen) atoms. The SMILES string of the molecule is O=C(Nc1cc(CCCN2CCOCC2)c(-c2ccc(COc3cccc(C(F)(F)F)c3)cc2)cc1C(=O)O)c1ccc(Oc2ccccc2)cc1. The van der Waals surface area contributed by atoms with E-state index in [1.165, 1.54) is 12.1 Å². The van der Waals surface area contributed by atoms with E-state index in [1.807, 2.05) is 42.5 Å². The molecule has 0 unspecified atom stereocenters. The Morgan fingerprint density at radius 1 is 0.808 bits per heavy atom. The Kier molecular flexibility index (Phi) is 11.5. The van der Waals surface area contributed by atoms with Gasteiger partial charge in [-0.3, -0.25) is 9.69 Å². The number of carboxylic acids is 1. The number of halogens is 3. The van der Waals surface area contributed by atoms with Crippen molar-refractivity contribution in [1.29, 1.82) is 0 Å². The number of ether oxygens (including phenoxy) is 3. The van der Waals surface area contributed by atoms with Crippen molar-refractivity contribution in [2.24, 2.45) is 0 Å². The lowest BCUT2D eigenvalue weighted by atomic mass is 9.92. The van der Waals surface area contributed by atoms with E-state index < -0.39 is 23.6 Å². The molecule has 0 aliphatic carbocycles. The summed E-state index contributed by atoms with van der Waals surface area (Å²) >= 11 is 0. The summed E-state index contributed by atoms with van der Waals surface area (Å²) in [5.74, 6) is -0.360. The van der Waals surface area contributed by atoms with Crippen molar-refractivity contribution in [2.45, 2.75) is 25.6 Å². The van der Waals surface area contributed by atoms with Crippen molar-refractivity contribution in [1.82, 2.24) is 4.90 Å². The fraction of sp³-hybridized carbons (Fsp3) is 0.220. The lowest BCUT2D eigenvalue weighted by Gasteiger charge is -2.26. The molecule has 5 aromatic rings. The van der Waals surface area contributed by atoms with Gasteiger partial charge in [-0.15, -0.1) is 0 Å². The highest BCUT2D eigenvalue weighted by molar-refractivity contribution is 6.08. The predicted molar refractivity (Wildman–Crippen MR) is 191 cm³/mol. The van der Waals surface area contributed by atoms with Crippen molar-refractivity contribution in [3.05, 3.63) is 143 Å². The minimum Gasteiger partial charge on any atom is -0.489 e. The van der Waals surface area contributed by atoms with Crippen LogP contribution >= 0.6 is 0 Å². The van der Waals surface area contributed by atoms with Gasteiger partial charge in [0.1, 0.15) is 23.9 Å². The Morgan fingerprint density at radius 2 is 1.50 bits per heavy atom. The third-order valence-corrected chi connectivity index (χ3v) is 8.67. The third-order valence-electron chi connectivity index (χ3n) is 8.67. The zero-order chi connectivity index (χ0) is 36.5. The number of hydrogen-bond donors (Lipinski definition) is 2. The quantitative estimate of drug-likeness (QED) is 0.126. The Hall–Kier alpha value is -5.65. The standard InChI is InChI=1S/C41H37F3N2O6/c42-41(43,44)32-7-4-10-35(25-32)51-27-28-11-13-29(14-12-28)36-26-37(40(48)49)38(24-31(36)6-5-19-46-20-22-50-23-21-46)45-39(47)30-15-17-34(18-16-30)52-33-8-2-1-3-9-33/h1-4,7-18,24-26H,5-6,19-23,27H2,(H,45,47)(H,48,49). The van der Waals surface area contributed by atoms with Gasteiger partial charge in [0.15, 0.2) is 0 Å². The molecule has 1 amide bonds. The molecule has 1 heterocycles. The number of hydrogen-bond acceptors (Lipinski definition) is 6. The topological polar surface area (TPSA) is 97.3 Å². The van der Waals surface area contributed by atoms with Crippen LogP contribution in [0.4, 0.5) is 18.9 Å². The molecule has 268 valence electrons. The first-order chi connectivity index (χ1) is 25.1. The molecule has 2 N–H and O–H groups in total. The van der Waals surface area contributed by atoms with Crippen molar-refractivity contribution in [2.75, 3.05) is 38.2 Å². The van der Waals surface area contributed by atoms with Gasteiger partial charge in [0.2, 0.25) is 0 Å². The molecule has 0 bridgehead atoms. The fourth-order valence-electron chi connectivity index (χ4n) is 5.92. The molecular formula is C41H37F3N2O6. The first-order valence-electron chi connectivity index (χ1n) is 16.9. The molecule has 0 spiro atoms. The summed E-state index contributed by atoms with van der Waals surface area (Å²) in [5.41, 5.74) is 2.67. The number of alkyl halides is 3. The summed E-state index contributed by atoms with van der Waals surface area (Å²) < 4.78 is 56.3. The largest absolute Gasteiger partial charge is 0.489 e. The average molecular weight is 711 g/mol. The van der Waals surface area contributed by atoms with Crippen molar-refractivity contribution in [3.63, 3.8) is 0 Å². The maximum absolute atomic E-state index is 13.4. The molecule has 0 atom stereocenters. The smallest absolute Gasteiger partial charge is 0.416 e. The van der Waals surface area contributed by atoms with Crippen LogP contribution in [0.25, 0.3) is 11.1 Å². The van der Waals surface area contributed by atoms with E-state index in [9.17, 15) is 27.9 Å². The number of aryl methyl sites for hydroxylation is 1. The molecule has 0 aromatic heterocycles. The zero-order valence-corrected chi connectivity index (χ0v) is 28.2. The van der Waals surface area contributed by atoms with Crippen LogP contribution in [0.2, 0.25) is 0 Å². The highest BCUT2D eigenvalue weighted by Gasteiger charge is 2.30. The summed E-state index contributed by atoms with van der Waals surface area (Å²) in [6.07, 6.45) is -3.07. The van der Waals surface area contributed by atoms with Gasteiger partial charge in [-0.1, -0.05) is 48.5 Å². The number of carbonyl (C=O) groups is 2. The van der Waals surface area contributed by atoms with Crippen molar-refractivity contribution >= 4 is 17.6 Å². The van der Waals surface area contributed by atoms with E-state index in [2.05, 4.69) is 10.2 Å². The van der Waals surface area contributed by atoms with Crippen LogP contribution in [0, 0.1) is 0 Å². The number of anilines is 1. The molecular weight excluding hydrogens is 673 g/mol. The van der Waals surface area contributed by atoms with Crippen LogP contribution in [-0.4, -0.2) is 54.7 Å². The zero-order valence-electron chi connectivity index (χ0n) is 28.2. The number of para-hydroxylation sites is 1. The normalized spacial score (nSPS) is 13.4. The van der Waals surface area contributed by atoms with Gasteiger partial charge in [0, 0.05) is 18.7 Å². The second-order valence-corrected chi connectivity index (χ2v) is 12.3. The van der Waals surface area contributed by atoms with Crippen molar-refractivity contribution in [3.8, 4) is 28.4 Å². The van der Waals surface area contributed by atoms with Gasteiger partial charge in [0.25, 0.3) is 5.91 Å². The summed E-state index contributed by atoms with van der Waals surface area (Å²) in [6.45, 7) is 3.90. The minimum absolute atomic E-state index is 0.0404. The van der Waals surface area contributed by atoms with Crippen LogP contribution in [0.5, 0.6) is 17.2 Å². The van der Waals surface area contributed by atoms with E-state index in [4.69, 9.17) is 14.2 Å². The number of nitrogens with zero attached hydrogens (tertiary/aromatic N) is 1. The Bertz CT molecular complexity index is 1980. The van der Waals surface area contributed by atoms with Gasteiger partial charge in [-0.25, -0.2) is 4.79 Å². The van der Waals surface area contributed by atoms with Gasteiger partial charge in [-0.2, -0.15) is 13.2 Å². The maximum atomic E-state index is 13.4. The highest BCUT2D eigenvalue weighted by Crippen LogP contribution is 2.34. The van der Waals surface area contributed by atoms with Gasteiger partial charge < -0.3 is 24.6 Å².